The lowest BCUT2D eigenvalue weighted by Gasteiger charge is -2.33. The van der Waals surface area contributed by atoms with Gasteiger partial charge in [-0.2, -0.15) is 0 Å². The molecular weight excluding hydrogens is 316 g/mol. The topological polar surface area (TPSA) is 68.3 Å². The van der Waals surface area contributed by atoms with Gasteiger partial charge >= 0.3 is 5.97 Å². The zero-order valence-electron chi connectivity index (χ0n) is 13.7. The number of hydrogen-bond acceptors (Lipinski definition) is 4. The molecule has 0 saturated heterocycles. The standard InChI is InChI=1S/C20H16N2O3/c1-20(12-13-6-2-3-7-14(13)18(23)25-20)19(24)22-17-10-4-9-16-15(17)8-5-11-21-16/h2-11H,12H2,1H3,(H,22,24). The molecular formula is C20H16N2O3. The quantitative estimate of drug-likeness (QED) is 0.731. The van der Waals surface area contributed by atoms with E-state index in [1.165, 1.54) is 0 Å². The summed E-state index contributed by atoms with van der Waals surface area (Å²) in [5, 5.41) is 3.73. The third kappa shape index (κ3) is 2.63. The summed E-state index contributed by atoms with van der Waals surface area (Å²) in [4.78, 5) is 29.4. The maximum absolute atomic E-state index is 12.9. The highest BCUT2D eigenvalue weighted by atomic mass is 16.6. The van der Waals surface area contributed by atoms with Gasteiger partial charge in [-0.1, -0.05) is 24.3 Å². The second kappa shape index (κ2) is 5.70. The molecule has 5 heteroatoms. The van der Waals surface area contributed by atoms with E-state index in [1.54, 1.807) is 25.3 Å². The number of fused-ring (bicyclic) bond motifs is 2. The number of nitrogens with one attached hydrogen (secondary N) is 1. The highest BCUT2D eigenvalue weighted by Gasteiger charge is 2.42. The van der Waals surface area contributed by atoms with E-state index in [1.807, 2.05) is 42.5 Å². The Kier molecular flexibility index (Phi) is 3.50. The molecule has 1 aromatic heterocycles. The zero-order chi connectivity index (χ0) is 17.4. The lowest BCUT2D eigenvalue weighted by atomic mass is 9.89. The maximum atomic E-state index is 12.9. The van der Waals surface area contributed by atoms with Crippen LogP contribution in [-0.4, -0.2) is 22.5 Å². The highest BCUT2D eigenvalue weighted by molar-refractivity contribution is 6.06. The minimum absolute atomic E-state index is 0.337. The summed E-state index contributed by atoms with van der Waals surface area (Å²) in [6.07, 6.45) is 2.04. The summed E-state index contributed by atoms with van der Waals surface area (Å²) in [6.45, 7) is 1.64. The Balaban J connectivity index is 1.66. The van der Waals surface area contributed by atoms with Crippen molar-refractivity contribution in [2.24, 2.45) is 0 Å². The summed E-state index contributed by atoms with van der Waals surface area (Å²) < 4.78 is 5.48. The number of anilines is 1. The number of carbonyl (C=O) groups excluding carboxylic acids is 2. The van der Waals surface area contributed by atoms with Crippen molar-refractivity contribution in [3.63, 3.8) is 0 Å². The number of rotatable bonds is 2. The van der Waals surface area contributed by atoms with Gasteiger partial charge in [-0.15, -0.1) is 0 Å². The number of aromatic nitrogens is 1. The van der Waals surface area contributed by atoms with Gasteiger partial charge < -0.3 is 10.1 Å². The van der Waals surface area contributed by atoms with Crippen LogP contribution in [0.5, 0.6) is 0 Å². The van der Waals surface area contributed by atoms with E-state index >= 15 is 0 Å². The third-order valence-corrected chi connectivity index (χ3v) is 4.46. The van der Waals surface area contributed by atoms with Gasteiger partial charge in [-0.25, -0.2) is 4.79 Å². The van der Waals surface area contributed by atoms with Gasteiger partial charge in [0.25, 0.3) is 5.91 Å². The molecule has 1 N–H and O–H groups in total. The number of amides is 1. The SMILES string of the molecule is CC1(C(=O)Nc2cccc3ncccc23)Cc2ccccc2C(=O)O1. The van der Waals surface area contributed by atoms with Gasteiger partial charge in [-0.05, 0) is 42.8 Å². The first-order valence-corrected chi connectivity index (χ1v) is 8.03. The Hall–Kier alpha value is -3.21. The van der Waals surface area contributed by atoms with Crippen LogP contribution < -0.4 is 5.32 Å². The van der Waals surface area contributed by atoms with Crippen molar-refractivity contribution in [1.29, 1.82) is 0 Å². The molecule has 25 heavy (non-hydrogen) atoms. The average Bonchev–Trinajstić information content (AvgIpc) is 2.62. The Morgan fingerprint density at radius 1 is 1.12 bits per heavy atom. The van der Waals surface area contributed by atoms with Gasteiger partial charge in [0.1, 0.15) is 0 Å². The fourth-order valence-electron chi connectivity index (χ4n) is 3.13. The molecule has 5 nitrogen and oxygen atoms in total. The average molecular weight is 332 g/mol. The fourth-order valence-corrected chi connectivity index (χ4v) is 3.13. The largest absolute Gasteiger partial charge is 0.445 e. The number of pyridine rings is 1. The predicted molar refractivity (Wildman–Crippen MR) is 94.3 cm³/mol. The monoisotopic (exact) mass is 332 g/mol. The predicted octanol–water partition coefficient (Wildman–Crippen LogP) is 3.35. The number of carbonyl (C=O) groups is 2. The molecule has 1 amide bonds. The summed E-state index contributed by atoms with van der Waals surface area (Å²) in [5.74, 6) is -0.828. The van der Waals surface area contributed by atoms with Crippen molar-refractivity contribution < 1.29 is 14.3 Å². The minimum atomic E-state index is -1.25. The first kappa shape index (κ1) is 15.3. The third-order valence-electron chi connectivity index (χ3n) is 4.46. The van der Waals surface area contributed by atoms with Crippen molar-refractivity contribution in [2.75, 3.05) is 5.32 Å². The molecule has 0 fully saturated rings. The first-order valence-electron chi connectivity index (χ1n) is 8.03. The molecule has 124 valence electrons. The summed E-state index contributed by atoms with van der Waals surface area (Å²) >= 11 is 0. The summed E-state index contributed by atoms with van der Waals surface area (Å²) in [5.41, 5.74) is 1.51. The van der Waals surface area contributed by atoms with Gasteiger partial charge in [-0.3, -0.25) is 9.78 Å². The molecule has 1 atom stereocenters. The maximum Gasteiger partial charge on any atom is 0.339 e. The second-order valence-electron chi connectivity index (χ2n) is 6.28. The molecule has 0 radical (unpaired) electrons. The van der Waals surface area contributed by atoms with Gasteiger partial charge in [0.05, 0.1) is 16.8 Å². The van der Waals surface area contributed by atoms with Gasteiger partial charge in [0.15, 0.2) is 5.60 Å². The van der Waals surface area contributed by atoms with Crippen molar-refractivity contribution >= 4 is 28.5 Å². The van der Waals surface area contributed by atoms with Crippen LogP contribution in [0, 0.1) is 0 Å². The van der Waals surface area contributed by atoms with Crippen LogP contribution in [0.3, 0.4) is 0 Å². The Labute approximate surface area is 144 Å². The number of nitrogens with zero attached hydrogens (tertiary/aromatic N) is 1. The molecule has 0 spiro atoms. The van der Waals surface area contributed by atoms with Crippen LogP contribution in [0.4, 0.5) is 5.69 Å². The molecule has 1 unspecified atom stereocenters. The summed E-state index contributed by atoms with van der Waals surface area (Å²) in [7, 11) is 0. The highest BCUT2D eigenvalue weighted by Crippen LogP contribution is 2.30. The van der Waals surface area contributed by atoms with Gasteiger partial charge in [0.2, 0.25) is 0 Å². The number of cyclic esters (lactones) is 1. The van der Waals surface area contributed by atoms with E-state index in [0.29, 0.717) is 17.7 Å². The summed E-state index contributed by atoms with van der Waals surface area (Å²) in [6, 6.07) is 16.4. The van der Waals surface area contributed by atoms with Crippen LogP contribution in [0.15, 0.2) is 60.8 Å². The lowest BCUT2D eigenvalue weighted by molar-refractivity contribution is -0.134. The molecule has 1 aliphatic heterocycles. The molecule has 3 aromatic rings. The van der Waals surface area contributed by atoms with E-state index in [0.717, 1.165) is 16.5 Å². The first-order chi connectivity index (χ1) is 12.1. The van der Waals surface area contributed by atoms with Gasteiger partial charge in [0, 0.05) is 18.0 Å². The van der Waals surface area contributed by atoms with E-state index in [9.17, 15) is 9.59 Å². The number of ether oxygens (including phenoxy) is 1. The minimum Gasteiger partial charge on any atom is -0.445 e. The zero-order valence-corrected chi connectivity index (χ0v) is 13.7. The molecule has 0 aliphatic carbocycles. The van der Waals surface area contributed by atoms with Crippen molar-refractivity contribution in [2.45, 2.75) is 18.9 Å². The Bertz CT molecular complexity index is 994. The van der Waals surface area contributed by atoms with E-state index in [4.69, 9.17) is 4.74 Å². The second-order valence-corrected chi connectivity index (χ2v) is 6.28. The fraction of sp³-hybridized carbons (Fsp3) is 0.150. The number of hydrogen-bond donors (Lipinski definition) is 1. The van der Waals surface area contributed by atoms with Crippen LogP contribution >= 0.6 is 0 Å². The van der Waals surface area contributed by atoms with Crippen molar-refractivity contribution in [1.82, 2.24) is 4.98 Å². The van der Waals surface area contributed by atoms with E-state index < -0.39 is 11.6 Å². The smallest absolute Gasteiger partial charge is 0.339 e. The van der Waals surface area contributed by atoms with Crippen LogP contribution in [0.25, 0.3) is 10.9 Å². The van der Waals surface area contributed by atoms with E-state index in [2.05, 4.69) is 10.3 Å². The lowest BCUT2D eigenvalue weighted by Crippen LogP contribution is -2.48. The molecule has 4 rings (SSSR count). The van der Waals surface area contributed by atoms with Crippen LogP contribution in [-0.2, 0) is 16.0 Å². The Morgan fingerprint density at radius 3 is 2.84 bits per heavy atom. The van der Waals surface area contributed by atoms with E-state index in [-0.39, 0.29) is 5.91 Å². The molecule has 0 bridgehead atoms. The number of benzene rings is 2. The van der Waals surface area contributed by atoms with Crippen molar-refractivity contribution in [3.8, 4) is 0 Å². The normalized spacial score (nSPS) is 19.2. The molecule has 1 aliphatic rings. The number of esters is 1. The van der Waals surface area contributed by atoms with Crippen LogP contribution in [0.2, 0.25) is 0 Å². The molecule has 2 heterocycles. The van der Waals surface area contributed by atoms with Crippen LogP contribution in [0.1, 0.15) is 22.8 Å². The van der Waals surface area contributed by atoms with Crippen molar-refractivity contribution in [3.05, 3.63) is 71.9 Å². The Morgan fingerprint density at radius 2 is 1.96 bits per heavy atom. The molecule has 0 saturated carbocycles. The molecule has 2 aromatic carbocycles.